The highest BCUT2D eigenvalue weighted by molar-refractivity contribution is 6.09. The van der Waals surface area contributed by atoms with Gasteiger partial charge in [-0.05, 0) is 39.0 Å². The maximum Gasteiger partial charge on any atom is 0.342 e. The lowest BCUT2D eigenvalue weighted by atomic mass is 10.0. The number of furan rings is 1. The summed E-state index contributed by atoms with van der Waals surface area (Å²) < 4.78 is 30.1. The third-order valence-electron chi connectivity index (χ3n) is 3.90. The first-order valence-corrected chi connectivity index (χ1v) is 8.66. The quantitative estimate of drug-likeness (QED) is 0.331. The minimum atomic E-state index is -0.676. The van der Waals surface area contributed by atoms with Crippen LogP contribution in [0, 0.1) is 15.9 Å². The molecule has 3 aromatic rings. The van der Waals surface area contributed by atoms with E-state index >= 15 is 0 Å². The van der Waals surface area contributed by atoms with Crippen molar-refractivity contribution in [1.29, 1.82) is 0 Å². The molecule has 0 aliphatic rings. The van der Waals surface area contributed by atoms with Gasteiger partial charge in [-0.3, -0.25) is 10.1 Å². The van der Waals surface area contributed by atoms with Gasteiger partial charge in [-0.2, -0.15) is 0 Å². The first-order chi connectivity index (χ1) is 13.3. The van der Waals surface area contributed by atoms with Gasteiger partial charge in [0.1, 0.15) is 22.7 Å². The number of hydrogen-bond acceptors (Lipinski definition) is 6. The predicted octanol–water partition coefficient (Wildman–Crippen LogP) is 5.11. The zero-order valence-electron chi connectivity index (χ0n) is 15.5. The molecule has 0 spiro atoms. The van der Waals surface area contributed by atoms with E-state index in [0.717, 1.165) is 0 Å². The van der Waals surface area contributed by atoms with Crippen molar-refractivity contribution in [2.45, 2.75) is 26.9 Å². The third-order valence-corrected chi connectivity index (χ3v) is 3.90. The number of rotatable bonds is 6. The molecule has 28 heavy (non-hydrogen) atoms. The zero-order valence-corrected chi connectivity index (χ0v) is 15.5. The van der Waals surface area contributed by atoms with Crippen LogP contribution in [0.5, 0.6) is 5.75 Å². The van der Waals surface area contributed by atoms with Gasteiger partial charge in [0.15, 0.2) is 5.75 Å². The van der Waals surface area contributed by atoms with Crippen LogP contribution in [0.2, 0.25) is 0 Å². The molecule has 146 valence electrons. The number of esters is 1. The Morgan fingerprint density at radius 3 is 2.64 bits per heavy atom. The van der Waals surface area contributed by atoms with Crippen LogP contribution >= 0.6 is 0 Å². The summed E-state index contributed by atoms with van der Waals surface area (Å²) in [7, 11) is 0. The molecule has 0 atom stereocenters. The molecule has 0 unspecified atom stereocenters. The fraction of sp³-hybridized carbons (Fsp3) is 0.250. The second-order valence-corrected chi connectivity index (χ2v) is 6.28. The van der Waals surface area contributed by atoms with Crippen LogP contribution in [0.15, 0.2) is 40.8 Å². The van der Waals surface area contributed by atoms with Crippen molar-refractivity contribution in [2.75, 3.05) is 6.61 Å². The van der Waals surface area contributed by atoms with Gasteiger partial charge in [0.2, 0.25) is 0 Å². The number of nitrogens with zero attached hydrogens (tertiary/aromatic N) is 1. The predicted molar refractivity (Wildman–Crippen MR) is 100.0 cm³/mol. The highest BCUT2D eigenvalue weighted by Gasteiger charge is 2.28. The van der Waals surface area contributed by atoms with E-state index < -0.39 is 16.7 Å². The number of carbonyl (C=O) groups is 1. The van der Waals surface area contributed by atoms with Gasteiger partial charge in [0.25, 0.3) is 0 Å². The number of carbonyl (C=O) groups excluding carboxylic acids is 1. The van der Waals surface area contributed by atoms with E-state index in [2.05, 4.69) is 0 Å². The highest BCUT2D eigenvalue weighted by atomic mass is 19.1. The molecule has 1 heterocycles. The summed E-state index contributed by atoms with van der Waals surface area (Å²) in [5, 5.41) is 11.7. The Morgan fingerprint density at radius 1 is 1.29 bits per heavy atom. The summed E-state index contributed by atoms with van der Waals surface area (Å²) in [4.78, 5) is 23.4. The average molecular weight is 387 g/mol. The molecule has 0 aliphatic carbocycles. The number of nitro benzene ring substituents is 1. The number of benzene rings is 2. The maximum atomic E-state index is 13.7. The first-order valence-electron chi connectivity index (χ1n) is 8.66. The van der Waals surface area contributed by atoms with Gasteiger partial charge < -0.3 is 13.9 Å². The molecular weight excluding hydrogens is 369 g/mol. The van der Waals surface area contributed by atoms with Crippen molar-refractivity contribution in [2.24, 2.45) is 0 Å². The molecule has 0 bridgehead atoms. The smallest absolute Gasteiger partial charge is 0.342 e. The van der Waals surface area contributed by atoms with Gasteiger partial charge in [-0.25, -0.2) is 9.18 Å². The summed E-state index contributed by atoms with van der Waals surface area (Å²) in [6.45, 7) is 5.23. The van der Waals surface area contributed by atoms with E-state index in [-0.39, 0.29) is 41.1 Å². The summed E-state index contributed by atoms with van der Waals surface area (Å²) >= 11 is 0. The first kappa shape index (κ1) is 19.3. The lowest BCUT2D eigenvalue weighted by Crippen LogP contribution is -2.08. The Kier molecular flexibility index (Phi) is 5.30. The lowest BCUT2D eigenvalue weighted by molar-refractivity contribution is -0.385. The Hall–Kier alpha value is -3.42. The number of fused-ring (bicyclic) bond motifs is 1. The van der Waals surface area contributed by atoms with Gasteiger partial charge in [0.05, 0.1) is 23.7 Å². The van der Waals surface area contributed by atoms with Crippen LogP contribution in [0.1, 0.15) is 31.1 Å². The minimum absolute atomic E-state index is 0.00430. The number of halogens is 1. The Balaban J connectivity index is 2.32. The number of ether oxygens (including phenoxy) is 2. The summed E-state index contributed by atoms with van der Waals surface area (Å²) in [5.41, 5.74) is 0.181. The Labute approximate surface area is 159 Å². The largest absolute Gasteiger partial charge is 0.484 e. The van der Waals surface area contributed by atoms with Gasteiger partial charge in [-0.15, -0.1) is 0 Å². The highest BCUT2D eigenvalue weighted by Crippen LogP contribution is 2.40. The normalized spacial score (nSPS) is 11.0. The second-order valence-electron chi connectivity index (χ2n) is 6.28. The topological polar surface area (TPSA) is 91.8 Å². The van der Waals surface area contributed by atoms with Gasteiger partial charge in [-0.1, -0.05) is 12.1 Å². The SMILES string of the molecule is CCOC(=O)c1c(-c2cccc(F)c2)oc2cc([N+](=O)[O-])c(OC(C)C)cc12. The van der Waals surface area contributed by atoms with E-state index in [1.165, 1.54) is 30.3 Å². The molecule has 0 N–H and O–H groups in total. The van der Waals surface area contributed by atoms with Crippen molar-refractivity contribution >= 4 is 22.6 Å². The molecule has 0 saturated heterocycles. The molecule has 2 aromatic carbocycles. The van der Waals surface area contributed by atoms with Crippen molar-refractivity contribution in [3.05, 3.63) is 57.9 Å². The second kappa shape index (κ2) is 7.67. The van der Waals surface area contributed by atoms with Crippen LogP contribution < -0.4 is 4.74 Å². The third kappa shape index (κ3) is 3.66. The molecule has 1 aromatic heterocycles. The molecule has 0 saturated carbocycles. The molecule has 0 fully saturated rings. The van der Waals surface area contributed by atoms with E-state index in [1.54, 1.807) is 26.8 Å². The summed E-state index contributed by atoms with van der Waals surface area (Å²) in [5.74, 6) is -1.11. The molecule has 7 nitrogen and oxygen atoms in total. The summed E-state index contributed by atoms with van der Waals surface area (Å²) in [6.07, 6.45) is -0.322. The monoisotopic (exact) mass is 387 g/mol. The number of nitro groups is 1. The maximum absolute atomic E-state index is 13.7. The standard InChI is InChI=1S/C20H18FNO6/c1-4-26-20(23)18-14-9-17(27-11(2)3)15(22(24)25)10-16(14)28-19(18)12-6-5-7-13(21)8-12/h5-11H,4H2,1-3H3. The molecule has 0 amide bonds. The van der Waals surface area contributed by atoms with E-state index in [4.69, 9.17) is 13.9 Å². The van der Waals surface area contributed by atoms with Crippen molar-refractivity contribution in [3.8, 4) is 17.1 Å². The van der Waals surface area contributed by atoms with Crippen molar-refractivity contribution in [1.82, 2.24) is 0 Å². The fourth-order valence-corrected chi connectivity index (χ4v) is 2.84. The Bertz CT molecular complexity index is 1060. The van der Waals surface area contributed by atoms with Crippen LogP contribution in [0.3, 0.4) is 0 Å². The Morgan fingerprint density at radius 2 is 2.04 bits per heavy atom. The molecule has 0 aliphatic heterocycles. The van der Waals surface area contributed by atoms with Crippen LogP contribution in [-0.4, -0.2) is 23.6 Å². The van der Waals surface area contributed by atoms with Gasteiger partial charge in [0, 0.05) is 10.9 Å². The lowest BCUT2D eigenvalue weighted by Gasteiger charge is -2.10. The summed E-state index contributed by atoms with van der Waals surface area (Å²) in [6, 6.07) is 8.09. The van der Waals surface area contributed by atoms with Crippen LogP contribution in [-0.2, 0) is 4.74 Å². The van der Waals surface area contributed by atoms with Crippen molar-refractivity contribution < 1.29 is 28.0 Å². The van der Waals surface area contributed by atoms with Crippen LogP contribution in [0.4, 0.5) is 10.1 Å². The van der Waals surface area contributed by atoms with E-state index in [9.17, 15) is 19.3 Å². The molecular formula is C20H18FNO6. The molecule has 3 rings (SSSR count). The fourth-order valence-electron chi connectivity index (χ4n) is 2.84. The minimum Gasteiger partial charge on any atom is -0.484 e. The van der Waals surface area contributed by atoms with E-state index in [0.29, 0.717) is 10.9 Å². The van der Waals surface area contributed by atoms with Crippen LogP contribution in [0.25, 0.3) is 22.3 Å². The van der Waals surface area contributed by atoms with E-state index in [1.807, 2.05) is 0 Å². The number of hydrogen-bond donors (Lipinski definition) is 0. The average Bonchev–Trinajstić information content (AvgIpc) is 2.99. The van der Waals surface area contributed by atoms with Gasteiger partial charge >= 0.3 is 11.7 Å². The molecule has 0 radical (unpaired) electrons. The molecule has 8 heteroatoms. The van der Waals surface area contributed by atoms with Crippen molar-refractivity contribution in [3.63, 3.8) is 0 Å². The zero-order chi connectivity index (χ0) is 20.4.